The van der Waals surface area contributed by atoms with E-state index in [2.05, 4.69) is 5.32 Å². The van der Waals surface area contributed by atoms with E-state index < -0.39 is 11.4 Å². The molecular formula is C22H25F2N3O2. The normalized spacial score (nSPS) is 18.2. The molecule has 0 saturated carbocycles. The fraction of sp³-hybridized carbons (Fsp3) is 0.409. The maximum Gasteiger partial charge on any atom is 0.224 e. The molecule has 0 radical (unpaired) electrons. The largest absolute Gasteiger partial charge is 0.491 e. The molecule has 154 valence electrons. The molecule has 0 aliphatic carbocycles. The molecule has 7 heteroatoms. The first-order chi connectivity index (χ1) is 13.8. The van der Waals surface area contributed by atoms with Crippen LogP contribution in [0.25, 0.3) is 0 Å². The van der Waals surface area contributed by atoms with Gasteiger partial charge in [-0.25, -0.2) is 8.78 Å². The quantitative estimate of drug-likeness (QED) is 0.823. The number of ether oxygens (including phenoxy) is 1. The molecule has 2 aromatic carbocycles. The van der Waals surface area contributed by atoms with E-state index in [1.165, 1.54) is 6.07 Å². The van der Waals surface area contributed by atoms with Gasteiger partial charge in [0.05, 0.1) is 16.9 Å². The van der Waals surface area contributed by atoms with Gasteiger partial charge in [0.2, 0.25) is 5.91 Å². The first-order valence-electron chi connectivity index (χ1n) is 9.89. The first-order valence-corrected chi connectivity index (χ1v) is 9.89. The predicted molar refractivity (Wildman–Crippen MR) is 108 cm³/mol. The number of hydrogen-bond donors (Lipinski definition) is 2. The number of nitrogens with zero attached hydrogens (tertiary/aromatic N) is 1. The van der Waals surface area contributed by atoms with Crippen LogP contribution < -0.4 is 20.7 Å². The van der Waals surface area contributed by atoms with Crippen molar-refractivity contribution in [3.8, 4) is 5.75 Å². The van der Waals surface area contributed by atoms with Gasteiger partial charge in [-0.3, -0.25) is 4.79 Å². The number of nitrogens with one attached hydrogen (secondary N) is 1. The van der Waals surface area contributed by atoms with Gasteiger partial charge in [0.1, 0.15) is 24.0 Å². The van der Waals surface area contributed by atoms with Gasteiger partial charge < -0.3 is 20.7 Å². The molecule has 4 rings (SSSR count). The molecule has 29 heavy (non-hydrogen) atoms. The average Bonchev–Trinajstić information content (AvgIpc) is 2.69. The Morgan fingerprint density at radius 1 is 1.14 bits per heavy atom. The highest BCUT2D eigenvalue weighted by molar-refractivity contribution is 5.94. The van der Waals surface area contributed by atoms with Crippen LogP contribution in [0.15, 0.2) is 30.3 Å². The van der Waals surface area contributed by atoms with Crippen molar-refractivity contribution in [2.45, 2.75) is 38.1 Å². The zero-order valence-electron chi connectivity index (χ0n) is 16.4. The molecule has 0 aromatic heterocycles. The summed E-state index contributed by atoms with van der Waals surface area (Å²) in [6, 6.07) is 8.14. The molecule has 0 atom stereocenters. The first kappa shape index (κ1) is 19.6. The Morgan fingerprint density at radius 2 is 1.90 bits per heavy atom. The van der Waals surface area contributed by atoms with Crippen LogP contribution in [-0.4, -0.2) is 31.1 Å². The fourth-order valence-corrected chi connectivity index (χ4v) is 3.99. The van der Waals surface area contributed by atoms with Gasteiger partial charge in [-0.2, -0.15) is 0 Å². The van der Waals surface area contributed by atoms with Crippen LogP contribution in [0.3, 0.4) is 0 Å². The maximum absolute atomic E-state index is 14.3. The molecule has 0 spiro atoms. The summed E-state index contributed by atoms with van der Waals surface area (Å²) in [6.07, 6.45) is 2.05. The lowest BCUT2D eigenvalue weighted by Crippen LogP contribution is -2.54. The molecule has 2 heterocycles. The third-order valence-corrected chi connectivity index (χ3v) is 5.80. The number of rotatable bonds is 4. The Morgan fingerprint density at radius 3 is 2.62 bits per heavy atom. The van der Waals surface area contributed by atoms with Crippen molar-refractivity contribution in [1.82, 2.24) is 0 Å². The summed E-state index contributed by atoms with van der Waals surface area (Å²) in [7, 11) is 0. The molecular weight excluding hydrogens is 376 g/mol. The van der Waals surface area contributed by atoms with E-state index >= 15 is 0 Å². The van der Waals surface area contributed by atoms with Crippen LogP contribution in [0.4, 0.5) is 20.2 Å². The molecule has 2 aliphatic heterocycles. The molecule has 2 aliphatic rings. The summed E-state index contributed by atoms with van der Waals surface area (Å²) in [4.78, 5) is 13.6. The third-order valence-electron chi connectivity index (χ3n) is 5.80. The Hall–Kier alpha value is -2.67. The van der Waals surface area contributed by atoms with Crippen molar-refractivity contribution in [1.29, 1.82) is 0 Å². The highest BCUT2D eigenvalue weighted by atomic mass is 19.1. The number of benzene rings is 2. The molecule has 2 aromatic rings. The summed E-state index contributed by atoms with van der Waals surface area (Å²) >= 11 is 0. The van der Waals surface area contributed by atoms with E-state index in [4.69, 9.17) is 10.5 Å². The number of aryl methyl sites for hydroxylation is 1. The van der Waals surface area contributed by atoms with Gasteiger partial charge in [-0.1, -0.05) is 6.07 Å². The van der Waals surface area contributed by atoms with Gasteiger partial charge in [-0.15, -0.1) is 0 Å². The van der Waals surface area contributed by atoms with Crippen molar-refractivity contribution < 1.29 is 18.3 Å². The second kappa shape index (κ2) is 7.63. The van der Waals surface area contributed by atoms with E-state index in [9.17, 15) is 13.6 Å². The topological polar surface area (TPSA) is 67.6 Å². The Labute approximate surface area is 168 Å². The Bertz CT molecular complexity index is 940. The third kappa shape index (κ3) is 4.05. The number of fused-ring (bicyclic) bond motifs is 1. The lowest BCUT2D eigenvalue weighted by atomic mass is 9.89. The van der Waals surface area contributed by atoms with E-state index in [-0.39, 0.29) is 24.0 Å². The number of amides is 1. The van der Waals surface area contributed by atoms with Gasteiger partial charge in [0.15, 0.2) is 0 Å². The summed E-state index contributed by atoms with van der Waals surface area (Å²) in [5, 5.41) is 2.58. The van der Waals surface area contributed by atoms with E-state index in [1.54, 1.807) is 12.1 Å². The standard InChI is InChI=1S/C22H25F2N3O2/c1-14-2-5-18(17(24)12-14)27-10-8-22(25,9-11-27)13-29-19-6-4-16(23)21-15(19)3-7-20(28)26-21/h2,4-6,12H,3,7-11,13,25H2,1H3,(H,26,28). The second-order valence-electron chi connectivity index (χ2n) is 8.04. The van der Waals surface area contributed by atoms with Crippen LogP contribution in [-0.2, 0) is 11.2 Å². The Kier molecular flexibility index (Phi) is 5.17. The number of piperidine rings is 1. The lowest BCUT2D eigenvalue weighted by molar-refractivity contribution is -0.116. The number of carbonyl (C=O) groups excluding carboxylic acids is 1. The van der Waals surface area contributed by atoms with Crippen molar-refractivity contribution in [3.05, 3.63) is 53.1 Å². The van der Waals surface area contributed by atoms with Crippen molar-refractivity contribution in [2.75, 3.05) is 29.9 Å². The van der Waals surface area contributed by atoms with Crippen LogP contribution in [0.5, 0.6) is 5.75 Å². The van der Waals surface area contributed by atoms with Gasteiger partial charge in [-0.05, 0) is 56.0 Å². The van der Waals surface area contributed by atoms with E-state index in [1.807, 2.05) is 24.0 Å². The van der Waals surface area contributed by atoms with E-state index in [0.717, 1.165) is 5.56 Å². The smallest absolute Gasteiger partial charge is 0.224 e. The van der Waals surface area contributed by atoms with Crippen LogP contribution in [0, 0.1) is 18.6 Å². The minimum atomic E-state index is -0.545. The monoisotopic (exact) mass is 401 g/mol. The number of anilines is 2. The molecule has 0 unspecified atom stereocenters. The maximum atomic E-state index is 14.3. The number of carbonyl (C=O) groups is 1. The fourth-order valence-electron chi connectivity index (χ4n) is 3.99. The molecule has 3 N–H and O–H groups in total. The van der Waals surface area contributed by atoms with Crippen LogP contribution >= 0.6 is 0 Å². The summed E-state index contributed by atoms with van der Waals surface area (Å²) in [5.74, 6) is -0.320. The molecule has 0 bridgehead atoms. The van der Waals surface area contributed by atoms with Crippen LogP contribution in [0.1, 0.15) is 30.4 Å². The predicted octanol–water partition coefficient (Wildman–Crippen LogP) is 3.53. The van der Waals surface area contributed by atoms with Gasteiger partial charge in [0, 0.05) is 25.1 Å². The summed E-state index contributed by atoms with van der Waals surface area (Å²) in [6.45, 7) is 3.42. The molecule has 1 saturated heterocycles. The Balaban J connectivity index is 1.41. The molecule has 1 fully saturated rings. The zero-order valence-corrected chi connectivity index (χ0v) is 16.4. The summed E-state index contributed by atoms with van der Waals surface area (Å²) in [5.41, 5.74) is 8.37. The average molecular weight is 401 g/mol. The zero-order chi connectivity index (χ0) is 20.6. The number of nitrogens with two attached hydrogens (primary N) is 1. The summed E-state index contributed by atoms with van der Waals surface area (Å²) < 4.78 is 34.3. The van der Waals surface area contributed by atoms with E-state index in [0.29, 0.717) is 55.8 Å². The highest BCUT2D eigenvalue weighted by Gasteiger charge is 2.33. The lowest BCUT2D eigenvalue weighted by Gasteiger charge is -2.40. The minimum Gasteiger partial charge on any atom is -0.491 e. The minimum absolute atomic E-state index is 0.195. The van der Waals surface area contributed by atoms with Crippen LogP contribution in [0.2, 0.25) is 0 Å². The number of hydrogen-bond acceptors (Lipinski definition) is 4. The SMILES string of the molecule is Cc1ccc(N2CCC(N)(COc3ccc(F)c4c3CCC(=O)N4)CC2)c(F)c1. The second-order valence-corrected chi connectivity index (χ2v) is 8.04. The van der Waals surface area contributed by atoms with Crippen molar-refractivity contribution in [3.63, 3.8) is 0 Å². The number of halogens is 2. The highest BCUT2D eigenvalue weighted by Crippen LogP contribution is 2.35. The van der Waals surface area contributed by atoms with Crippen molar-refractivity contribution >= 4 is 17.3 Å². The molecule has 5 nitrogen and oxygen atoms in total. The van der Waals surface area contributed by atoms with Crippen molar-refractivity contribution in [2.24, 2.45) is 5.73 Å². The van der Waals surface area contributed by atoms with Gasteiger partial charge in [0.25, 0.3) is 0 Å². The molecule has 1 amide bonds. The van der Waals surface area contributed by atoms with Gasteiger partial charge >= 0.3 is 0 Å².